The number of aryl methyl sites for hydroxylation is 1. The monoisotopic (exact) mass is 414 g/mol. The Morgan fingerprint density at radius 2 is 1.83 bits per heavy atom. The molecule has 0 spiro atoms. The van der Waals surface area contributed by atoms with Crippen molar-refractivity contribution in [2.24, 2.45) is 0 Å². The van der Waals surface area contributed by atoms with Crippen molar-refractivity contribution in [1.29, 1.82) is 0 Å². The third-order valence-electron chi connectivity index (χ3n) is 6.29. The van der Waals surface area contributed by atoms with E-state index in [0.717, 1.165) is 24.1 Å². The van der Waals surface area contributed by atoms with Crippen LogP contribution < -0.4 is 0 Å². The van der Waals surface area contributed by atoms with Crippen LogP contribution in [0.1, 0.15) is 56.7 Å². The Balaban J connectivity index is 1.58. The highest BCUT2D eigenvalue weighted by atomic mass is 32.1. The lowest BCUT2D eigenvalue weighted by atomic mass is 9.95. The standard InChI is InChI=1S/C25H22N2O2S/c28-24(21-12-7-15-29-21)27-16-19-18-10-4-5-13-22(18)30-25(19)26-14-6-11-20(26)23(27)17-8-2-1-3-9-17/h1-3,6-9,11-12,14-15,23H,4-5,10,13,16H2/t23-/m1/s1. The number of amides is 1. The minimum Gasteiger partial charge on any atom is -0.459 e. The zero-order chi connectivity index (χ0) is 20.1. The number of hydrogen-bond acceptors (Lipinski definition) is 3. The molecule has 4 heterocycles. The van der Waals surface area contributed by atoms with Gasteiger partial charge < -0.3 is 13.9 Å². The van der Waals surface area contributed by atoms with Crippen LogP contribution in [0.3, 0.4) is 0 Å². The van der Waals surface area contributed by atoms with Crippen molar-refractivity contribution in [1.82, 2.24) is 9.47 Å². The van der Waals surface area contributed by atoms with Gasteiger partial charge in [-0.25, -0.2) is 0 Å². The maximum absolute atomic E-state index is 13.7. The summed E-state index contributed by atoms with van der Waals surface area (Å²) in [4.78, 5) is 17.1. The maximum atomic E-state index is 13.7. The maximum Gasteiger partial charge on any atom is 0.290 e. The second-order valence-electron chi connectivity index (χ2n) is 8.02. The van der Waals surface area contributed by atoms with E-state index in [2.05, 4.69) is 35.0 Å². The Hall–Kier alpha value is -3.05. The van der Waals surface area contributed by atoms with E-state index in [-0.39, 0.29) is 11.9 Å². The first kappa shape index (κ1) is 17.8. The lowest BCUT2D eigenvalue weighted by Crippen LogP contribution is -2.34. The average molecular weight is 415 g/mol. The number of benzene rings is 1. The first-order chi connectivity index (χ1) is 14.8. The molecule has 3 aromatic heterocycles. The normalized spacial score (nSPS) is 17.7. The van der Waals surface area contributed by atoms with Gasteiger partial charge in [-0.05, 0) is 61.1 Å². The average Bonchev–Trinajstić information content (AvgIpc) is 3.53. The molecule has 0 fully saturated rings. The van der Waals surface area contributed by atoms with Crippen molar-refractivity contribution in [3.8, 4) is 5.00 Å². The number of carbonyl (C=O) groups excluding carboxylic acids is 1. The number of fused-ring (bicyclic) bond motifs is 5. The number of aromatic nitrogens is 1. The number of carbonyl (C=O) groups is 1. The Bertz CT molecular complexity index is 1200. The zero-order valence-electron chi connectivity index (χ0n) is 16.6. The summed E-state index contributed by atoms with van der Waals surface area (Å²) in [5.74, 6) is 0.326. The van der Waals surface area contributed by atoms with Crippen LogP contribution in [0.15, 0.2) is 71.5 Å². The van der Waals surface area contributed by atoms with Crippen LogP contribution >= 0.6 is 11.3 Å². The molecule has 0 saturated heterocycles. The Kier molecular flexibility index (Phi) is 4.16. The molecule has 0 saturated carbocycles. The SMILES string of the molecule is O=C(c1ccco1)N1Cc2c(sc3c2CCCC3)-n2cccc2[C@H]1c1ccccc1. The third-order valence-corrected chi connectivity index (χ3v) is 7.62. The molecule has 1 aromatic carbocycles. The zero-order valence-corrected chi connectivity index (χ0v) is 17.4. The summed E-state index contributed by atoms with van der Waals surface area (Å²) in [5, 5.41) is 1.28. The number of nitrogens with zero attached hydrogens (tertiary/aromatic N) is 2. The van der Waals surface area contributed by atoms with E-state index in [1.54, 1.807) is 18.4 Å². The van der Waals surface area contributed by atoms with Gasteiger partial charge in [-0.2, -0.15) is 0 Å². The third kappa shape index (κ3) is 2.69. The molecule has 4 nitrogen and oxygen atoms in total. The van der Waals surface area contributed by atoms with Gasteiger partial charge in [-0.3, -0.25) is 4.79 Å². The number of rotatable bonds is 2. The highest BCUT2D eigenvalue weighted by molar-refractivity contribution is 7.15. The molecule has 1 aliphatic heterocycles. The predicted molar refractivity (Wildman–Crippen MR) is 117 cm³/mol. The molecular weight excluding hydrogens is 392 g/mol. The summed E-state index contributed by atoms with van der Waals surface area (Å²) < 4.78 is 7.84. The first-order valence-electron chi connectivity index (χ1n) is 10.5. The van der Waals surface area contributed by atoms with Gasteiger partial charge in [0, 0.05) is 16.6 Å². The van der Waals surface area contributed by atoms with Crippen LogP contribution in [0, 0.1) is 0 Å². The lowest BCUT2D eigenvalue weighted by molar-refractivity contribution is 0.0658. The molecule has 30 heavy (non-hydrogen) atoms. The van der Waals surface area contributed by atoms with Gasteiger partial charge in [-0.15, -0.1) is 11.3 Å². The van der Waals surface area contributed by atoms with Gasteiger partial charge in [0.05, 0.1) is 24.5 Å². The summed E-state index contributed by atoms with van der Waals surface area (Å²) >= 11 is 1.91. The summed E-state index contributed by atoms with van der Waals surface area (Å²) in [7, 11) is 0. The van der Waals surface area contributed by atoms with Crippen LogP contribution in [-0.4, -0.2) is 15.4 Å². The molecule has 5 heteroatoms. The number of furan rings is 1. The highest BCUT2D eigenvalue weighted by Crippen LogP contribution is 2.44. The van der Waals surface area contributed by atoms with Crippen LogP contribution in [0.25, 0.3) is 5.00 Å². The van der Waals surface area contributed by atoms with Crippen molar-refractivity contribution < 1.29 is 9.21 Å². The lowest BCUT2D eigenvalue weighted by Gasteiger charge is -2.30. The van der Waals surface area contributed by atoms with Crippen LogP contribution in [0.5, 0.6) is 0 Å². The van der Waals surface area contributed by atoms with Crippen molar-refractivity contribution in [2.75, 3.05) is 0 Å². The van der Waals surface area contributed by atoms with Crippen molar-refractivity contribution >= 4 is 17.2 Å². The molecule has 2 aliphatic rings. The summed E-state index contributed by atoms with van der Waals surface area (Å²) in [6.07, 6.45) is 8.46. The highest BCUT2D eigenvalue weighted by Gasteiger charge is 2.36. The molecule has 0 unspecified atom stereocenters. The smallest absolute Gasteiger partial charge is 0.290 e. The largest absolute Gasteiger partial charge is 0.459 e. The molecule has 4 aromatic rings. The molecule has 1 atom stereocenters. The first-order valence-corrected chi connectivity index (χ1v) is 11.3. The van der Waals surface area contributed by atoms with E-state index < -0.39 is 0 Å². The predicted octanol–water partition coefficient (Wildman–Crippen LogP) is 5.76. The van der Waals surface area contributed by atoms with Crippen LogP contribution in [0.4, 0.5) is 0 Å². The van der Waals surface area contributed by atoms with E-state index >= 15 is 0 Å². The molecule has 1 amide bonds. The fourth-order valence-corrected chi connectivity index (χ4v) is 6.32. The summed E-state index contributed by atoms with van der Waals surface area (Å²) in [5.41, 5.74) is 5.01. The molecule has 150 valence electrons. The fourth-order valence-electron chi connectivity index (χ4n) is 4.91. The van der Waals surface area contributed by atoms with E-state index in [4.69, 9.17) is 4.42 Å². The van der Waals surface area contributed by atoms with Gasteiger partial charge in [0.15, 0.2) is 5.76 Å². The van der Waals surface area contributed by atoms with Crippen LogP contribution in [0.2, 0.25) is 0 Å². The minimum absolute atomic E-state index is 0.0646. The Morgan fingerprint density at radius 1 is 0.967 bits per heavy atom. The van der Waals surface area contributed by atoms with Gasteiger partial charge >= 0.3 is 0 Å². The fraction of sp³-hybridized carbons (Fsp3) is 0.240. The van der Waals surface area contributed by atoms with Crippen LogP contribution in [-0.2, 0) is 19.4 Å². The van der Waals surface area contributed by atoms with Crippen molar-refractivity contribution in [3.05, 3.63) is 100 Å². The van der Waals surface area contributed by atoms with Gasteiger partial charge in [0.1, 0.15) is 5.00 Å². The molecule has 0 N–H and O–H groups in total. The second kappa shape index (κ2) is 7.03. The van der Waals surface area contributed by atoms with E-state index in [1.165, 1.54) is 33.8 Å². The number of hydrogen-bond donors (Lipinski definition) is 0. The Morgan fingerprint density at radius 3 is 2.67 bits per heavy atom. The number of thiophene rings is 1. The van der Waals surface area contributed by atoms with Gasteiger partial charge in [0.25, 0.3) is 5.91 Å². The summed E-state index contributed by atoms with van der Waals surface area (Å²) in [6, 6.07) is 17.9. The molecule has 1 aliphatic carbocycles. The topological polar surface area (TPSA) is 38.4 Å². The minimum atomic E-state index is -0.169. The van der Waals surface area contributed by atoms with E-state index in [9.17, 15) is 4.79 Å². The molecular formula is C25H22N2O2S. The second-order valence-corrected chi connectivity index (χ2v) is 9.10. The summed E-state index contributed by atoms with van der Waals surface area (Å²) in [6.45, 7) is 0.599. The van der Waals surface area contributed by atoms with Gasteiger partial charge in [-0.1, -0.05) is 30.3 Å². The van der Waals surface area contributed by atoms with Gasteiger partial charge in [0.2, 0.25) is 0 Å². The molecule has 6 rings (SSSR count). The van der Waals surface area contributed by atoms with E-state index in [0.29, 0.717) is 12.3 Å². The molecule has 0 radical (unpaired) electrons. The Labute approximate surface area is 179 Å². The van der Waals surface area contributed by atoms with Crippen molar-refractivity contribution in [3.63, 3.8) is 0 Å². The van der Waals surface area contributed by atoms with E-state index in [1.807, 2.05) is 34.4 Å². The van der Waals surface area contributed by atoms with Crippen molar-refractivity contribution in [2.45, 2.75) is 38.3 Å². The quantitative estimate of drug-likeness (QED) is 0.418. The molecule has 0 bridgehead atoms.